The predicted octanol–water partition coefficient (Wildman–Crippen LogP) is 2.45. The lowest BCUT2D eigenvalue weighted by molar-refractivity contribution is 1.17. The molecule has 0 unspecified atom stereocenters. The van der Waals surface area contributed by atoms with Gasteiger partial charge in [-0.25, -0.2) is 9.97 Å². The molecule has 1 aliphatic carbocycles. The first kappa shape index (κ1) is 7.95. The lowest BCUT2D eigenvalue weighted by Crippen LogP contribution is -1.84. The van der Waals surface area contributed by atoms with Crippen LogP contribution in [0.5, 0.6) is 0 Å². The van der Waals surface area contributed by atoms with Crippen LogP contribution in [0.25, 0.3) is 10.2 Å². The van der Waals surface area contributed by atoms with Gasteiger partial charge in [0.05, 0.1) is 0 Å². The van der Waals surface area contributed by atoms with Crippen molar-refractivity contribution in [3.8, 4) is 11.8 Å². The zero-order chi connectivity index (χ0) is 9.38. The Bertz CT molecular complexity index is 529. The van der Waals surface area contributed by atoms with E-state index in [1.165, 1.54) is 12.8 Å². The molecule has 14 heavy (non-hydrogen) atoms. The Morgan fingerprint density at radius 2 is 2.29 bits per heavy atom. The molecule has 3 rings (SSSR count). The van der Waals surface area contributed by atoms with Crippen molar-refractivity contribution in [1.29, 1.82) is 0 Å². The third-order valence-electron chi connectivity index (χ3n) is 2.23. The van der Waals surface area contributed by atoms with Gasteiger partial charge < -0.3 is 0 Å². The summed E-state index contributed by atoms with van der Waals surface area (Å²) in [5.41, 5.74) is 0.878. The van der Waals surface area contributed by atoms with E-state index in [0.717, 1.165) is 15.9 Å². The molecule has 0 aromatic carbocycles. The van der Waals surface area contributed by atoms with Crippen molar-refractivity contribution in [2.45, 2.75) is 12.8 Å². The van der Waals surface area contributed by atoms with Gasteiger partial charge in [0.15, 0.2) is 0 Å². The standard InChI is InChI=1S/C11H8N2S/c1-2-8(1)3-4-10-9-5-6-14-11(9)13-7-12-10/h5-8H,1-2H2. The van der Waals surface area contributed by atoms with Gasteiger partial charge in [-0.1, -0.05) is 5.92 Å². The molecule has 1 saturated carbocycles. The zero-order valence-electron chi connectivity index (χ0n) is 7.53. The molecule has 0 saturated heterocycles. The number of thiophene rings is 1. The van der Waals surface area contributed by atoms with Crippen molar-refractivity contribution in [3.63, 3.8) is 0 Å². The number of hydrogen-bond acceptors (Lipinski definition) is 3. The van der Waals surface area contributed by atoms with E-state index in [-0.39, 0.29) is 0 Å². The molecule has 2 aromatic heterocycles. The van der Waals surface area contributed by atoms with Crippen LogP contribution >= 0.6 is 11.3 Å². The molecule has 0 spiro atoms. The van der Waals surface area contributed by atoms with Crippen LogP contribution in [0, 0.1) is 17.8 Å². The fourth-order valence-corrected chi connectivity index (χ4v) is 2.02. The molecule has 2 heterocycles. The Morgan fingerprint density at radius 1 is 1.36 bits per heavy atom. The van der Waals surface area contributed by atoms with Crippen molar-refractivity contribution < 1.29 is 0 Å². The van der Waals surface area contributed by atoms with E-state index in [9.17, 15) is 0 Å². The summed E-state index contributed by atoms with van der Waals surface area (Å²) in [6.07, 6.45) is 4.10. The molecule has 0 N–H and O–H groups in total. The number of aromatic nitrogens is 2. The molecule has 68 valence electrons. The van der Waals surface area contributed by atoms with Crippen molar-refractivity contribution in [1.82, 2.24) is 9.97 Å². The van der Waals surface area contributed by atoms with Gasteiger partial charge in [-0.05, 0) is 30.2 Å². The monoisotopic (exact) mass is 200 g/mol. The SMILES string of the molecule is C(#CC1CC1)c1ncnc2sccc12. The summed E-state index contributed by atoms with van der Waals surface area (Å²) in [6.45, 7) is 0. The highest BCUT2D eigenvalue weighted by Crippen LogP contribution is 2.28. The first-order chi connectivity index (χ1) is 6.93. The second-order valence-electron chi connectivity index (χ2n) is 3.41. The van der Waals surface area contributed by atoms with E-state index in [2.05, 4.69) is 21.8 Å². The maximum absolute atomic E-state index is 4.20. The number of rotatable bonds is 0. The van der Waals surface area contributed by atoms with E-state index in [4.69, 9.17) is 0 Å². The summed E-state index contributed by atoms with van der Waals surface area (Å²) >= 11 is 1.63. The van der Waals surface area contributed by atoms with E-state index in [0.29, 0.717) is 5.92 Å². The van der Waals surface area contributed by atoms with Crippen LogP contribution in [-0.2, 0) is 0 Å². The van der Waals surface area contributed by atoms with Crippen LogP contribution in [0.2, 0.25) is 0 Å². The fraction of sp³-hybridized carbons (Fsp3) is 0.273. The van der Waals surface area contributed by atoms with Gasteiger partial charge in [0, 0.05) is 11.3 Å². The van der Waals surface area contributed by atoms with Gasteiger partial charge in [0.2, 0.25) is 0 Å². The van der Waals surface area contributed by atoms with Crippen LogP contribution in [0.3, 0.4) is 0 Å². The van der Waals surface area contributed by atoms with E-state index in [1.54, 1.807) is 17.7 Å². The Morgan fingerprint density at radius 3 is 3.14 bits per heavy atom. The first-order valence-corrected chi connectivity index (χ1v) is 5.51. The average molecular weight is 200 g/mol. The van der Waals surface area contributed by atoms with E-state index in [1.807, 2.05) is 11.4 Å². The molecular weight excluding hydrogens is 192 g/mol. The minimum Gasteiger partial charge on any atom is -0.227 e. The summed E-state index contributed by atoms with van der Waals surface area (Å²) in [4.78, 5) is 9.41. The minimum atomic E-state index is 0.624. The number of nitrogens with zero attached hydrogens (tertiary/aromatic N) is 2. The minimum absolute atomic E-state index is 0.624. The van der Waals surface area contributed by atoms with E-state index >= 15 is 0 Å². The molecule has 0 atom stereocenters. The quantitative estimate of drug-likeness (QED) is 0.610. The Labute approximate surface area is 86.0 Å². The van der Waals surface area contributed by atoms with Crippen molar-refractivity contribution in [2.75, 3.05) is 0 Å². The molecule has 0 bridgehead atoms. The summed E-state index contributed by atoms with van der Waals surface area (Å²) < 4.78 is 0. The second-order valence-corrected chi connectivity index (χ2v) is 4.30. The number of fused-ring (bicyclic) bond motifs is 1. The van der Waals surface area contributed by atoms with Crippen molar-refractivity contribution in [3.05, 3.63) is 23.5 Å². The van der Waals surface area contributed by atoms with Crippen LogP contribution in [0.4, 0.5) is 0 Å². The molecule has 1 aliphatic rings. The summed E-state index contributed by atoms with van der Waals surface area (Å²) in [5, 5.41) is 3.12. The van der Waals surface area contributed by atoms with Gasteiger partial charge in [-0.3, -0.25) is 0 Å². The van der Waals surface area contributed by atoms with Gasteiger partial charge in [-0.15, -0.1) is 11.3 Å². The molecular formula is C11H8N2S. The predicted molar refractivity (Wildman–Crippen MR) is 57.0 cm³/mol. The topological polar surface area (TPSA) is 25.8 Å². The Kier molecular flexibility index (Phi) is 1.74. The van der Waals surface area contributed by atoms with Crippen LogP contribution < -0.4 is 0 Å². The summed E-state index contributed by atoms with van der Waals surface area (Å²) in [5.74, 6) is 6.98. The largest absolute Gasteiger partial charge is 0.227 e. The summed E-state index contributed by atoms with van der Waals surface area (Å²) in [7, 11) is 0. The van der Waals surface area contributed by atoms with Crippen LogP contribution in [-0.4, -0.2) is 9.97 Å². The van der Waals surface area contributed by atoms with Crippen LogP contribution in [0.1, 0.15) is 18.5 Å². The highest BCUT2D eigenvalue weighted by molar-refractivity contribution is 7.16. The highest BCUT2D eigenvalue weighted by atomic mass is 32.1. The second kappa shape index (κ2) is 3.07. The van der Waals surface area contributed by atoms with Gasteiger partial charge >= 0.3 is 0 Å². The summed E-state index contributed by atoms with van der Waals surface area (Å²) in [6, 6.07) is 2.04. The van der Waals surface area contributed by atoms with Gasteiger partial charge in [-0.2, -0.15) is 0 Å². The molecule has 0 amide bonds. The average Bonchev–Trinajstić information content (AvgIpc) is 2.91. The van der Waals surface area contributed by atoms with Gasteiger partial charge in [0.1, 0.15) is 16.9 Å². The first-order valence-electron chi connectivity index (χ1n) is 4.63. The zero-order valence-corrected chi connectivity index (χ0v) is 8.34. The maximum Gasteiger partial charge on any atom is 0.127 e. The molecule has 2 nitrogen and oxygen atoms in total. The number of hydrogen-bond donors (Lipinski definition) is 0. The van der Waals surface area contributed by atoms with Crippen molar-refractivity contribution in [2.24, 2.45) is 5.92 Å². The third kappa shape index (κ3) is 1.38. The Balaban J connectivity index is 2.11. The van der Waals surface area contributed by atoms with Gasteiger partial charge in [0.25, 0.3) is 0 Å². The third-order valence-corrected chi connectivity index (χ3v) is 3.05. The molecule has 1 fully saturated rings. The van der Waals surface area contributed by atoms with E-state index < -0.39 is 0 Å². The smallest absolute Gasteiger partial charge is 0.127 e. The molecule has 2 aromatic rings. The molecule has 3 heteroatoms. The molecule has 0 aliphatic heterocycles. The highest BCUT2D eigenvalue weighted by Gasteiger charge is 2.17. The Hall–Kier alpha value is -1.40. The normalized spacial score (nSPS) is 15.1. The van der Waals surface area contributed by atoms with Crippen LogP contribution in [0.15, 0.2) is 17.8 Å². The molecule has 0 radical (unpaired) electrons. The van der Waals surface area contributed by atoms with Crippen molar-refractivity contribution >= 4 is 21.6 Å². The fourth-order valence-electron chi connectivity index (χ4n) is 1.29. The lowest BCUT2D eigenvalue weighted by Gasteiger charge is -1.90. The maximum atomic E-state index is 4.20. The lowest BCUT2D eigenvalue weighted by atomic mass is 10.3.